The van der Waals surface area contributed by atoms with E-state index in [9.17, 15) is 0 Å². The van der Waals surface area contributed by atoms with Crippen LogP contribution in [-0.4, -0.2) is 33.2 Å². The fourth-order valence-corrected chi connectivity index (χ4v) is 2.20. The standard InChI is InChI=1S/C16H27NO3/c1-5-14(13-10-8-9-11-15(13)18-4)17-12-16(19-6-2)20-7-3/h8-11,14,16-17H,5-7,12H2,1-4H3. The predicted octanol–water partition coefficient (Wildman–Crippen LogP) is 3.14. The van der Waals surface area contributed by atoms with E-state index >= 15 is 0 Å². The lowest BCUT2D eigenvalue weighted by molar-refractivity contribution is -0.133. The zero-order chi connectivity index (χ0) is 14.8. The topological polar surface area (TPSA) is 39.7 Å². The minimum Gasteiger partial charge on any atom is -0.496 e. The van der Waals surface area contributed by atoms with Crippen LogP contribution < -0.4 is 10.1 Å². The van der Waals surface area contributed by atoms with E-state index < -0.39 is 0 Å². The summed E-state index contributed by atoms with van der Waals surface area (Å²) in [5.74, 6) is 0.913. The van der Waals surface area contributed by atoms with E-state index in [-0.39, 0.29) is 12.3 Å². The van der Waals surface area contributed by atoms with E-state index in [1.807, 2.05) is 32.0 Å². The first kappa shape index (κ1) is 17.0. The molecule has 0 bridgehead atoms. The maximum Gasteiger partial charge on any atom is 0.169 e. The zero-order valence-corrected chi connectivity index (χ0v) is 13.0. The van der Waals surface area contributed by atoms with Crippen LogP contribution in [0.2, 0.25) is 0 Å². The Balaban J connectivity index is 2.66. The smallest absolute Gasteiger partial charge is 0.169 e. The normalized spacial score (nSPS) is 12.7. The fourth-order valence-electron chi connectivity index (χ4n) is 2.20. The Morgan fingerprint density at radius 3 is 2.25 bits per heavy atom. The van der Waals surface area contributed by atoms with Gasteiger partial charge in [0.05, 0.1) is 7.11 Å². The van der Waals surface area contributed by atoms with Crippen LogP contribution in [0.5, 0.6) is 5.75 Å². The average Bonchev–Trinajstić information content (AvgIpc) is 2.48. The van der Waals surface area contributed by atoms with Crippen molar-refractivity contribution in [1.29, 1.82) is 0 Å². The minimum atomic E-state index is -0.200. The van der Waals surface area contributed by atoms with E-state index in [0.29, 0.717) is 19.8 Å². The molecule has 0 radical (unpaired) electrons. The summed E-state index contributed by atoms with van der Waals surface area (Å²) in [6, 6.07) is 8.33. The van der Waals surface area contributed by atoms with Crippen molar-refractivity contribution in [3.8, 4) is 5.75 Å². The molecule has 1 unspecified atom stereocenters. The highest BCUT2D eigenvalue weighted by Crippen LogP contribution is 2.26. The van der Waals surface area contributed by atoms with Crippen LogP contribution in [0.4, 0.5) is 0 Å². The van der Waals surface area contributed by atoms with Gasteiger partial charge in [-0.15, -0.1) is 0 Å². The van der Waals surface area contributed by atoms with Crippen molar-refractivity contribution in [2.75, 3.05) is 26.9 Å². The summed E-state index contributed by atoms with van der Waals surface area (Å²) in [5.41, 5.74) is 1.17. The molecule has 0 heterocycles. The van der Waals surface area contributed by atoms with Crippen LogP contribution in [0.15, 0.2) is 24.3 Å². The molecule has 1 N–H and O–H groups in total. The summed E-state index contributed by atoms with van der Waals surface area (Å²) in [4.78, 5) is 0. The Morgan fingerprint density at radius 2 is 1.70 bits per heavy atom. The summed E-state index contributed by atoms with van der Waals surface area (Å²) in [7, 11) is 1.70. The lowest BCUT2D eigenvalue weighted by Gasteiger charge is -2.23. The van der Waals surface area contributed by atoms with Gasteiger partial charge < -0.3 is 19.5 Å². The van der Waals surface area contributed by atoms with Gasteiger partial charge in [0.15, 0.2) is 6.29 Å². The van der Waals surface area contributed by atoms with Crippen molar-refractivity contribution in [2.24, 2.45) is 0 Å². The van der Waals surface area contributed by atoms with Crippen molar-refractivity contribution in [3.63, 3.8) is 0 Å². The molecule has 1 atom stereocenters. The molecule has 4 heteroatoms. The molecule has 114 valence electrons. The second-order valence-electron chi connectivity index (χ2n) is 4.45. The first-order chi connectivity index (χ1) is 9.76. The van der Waals surface area contributed by atoms with E-state index in [0.717, 1.165) is 12.2 Å². The third-order valence-corrected chi connectivity index (χ3v) is 3.16. The number of para-hydroxylation sites is 1. The molecule has 0 spiro atoms. The van der Waals surface area contributed by atoms with Crippen LogP contribution in [-0.2, 0) is 9.47 Å². The second-order valence-corrected chi connectivity index (χ2v) is 4.45. The quantitative estimate of drug-likeness (QED) is 0.669. The molecule has 4 nitrogen and oxygen atoms in total. The van der Waals surface area contributed by atoms with Gasteiger partial charge in [-0.05, 0) is 26.3 Å². The summed E-state index contributed by atoms with van der Waals surface area (Å²) >= 11 is 0. The Kier molecular flexibility index (Phi) is 8.26. The van der Waals surface area contributed by atoms with Crippen LogP contribution in [0.25, 0.3) is 0 Å². The third kappa shape index (κ3) is 5.12. The Bertz CT molecular complexity index is 364. The van der Waals surface area contributed by atoms with Gasteiger partial charge in [0.2, 0.25) is 0 Å². The number of methoxy groups -OCH3 is 1. The molecule has 0 aliphatic carbocycles. The predicted molar refractivity (Wildman–Crippen MR) is 81.1 cm³/mol. The second kappa shape index (κ2) is 9.75. The van der Waals surface area contributed by atoms with Crippen LogP contribution >= 0.6 is 0 Å². The van der Waals surface area contributed by atoms with Crippen LogP contribution in [0, 0.1) is 0 Å². The number of benzene rings is 1. The molecule has 0 saturated carbocycles. The van der Waals surface area contributed by atoms with Gasteiger partial charge in [0.25, 0.3) is 0 Å². The monoisotopic (exact) mass is 281 g/mol. The number of nitrogens with one attached hydrogen (secondary N) is 1. The highest BCUT2D eigenvalue weighted by atomic mass is 16.7. The van der Waals surface area contributed by atoms with Gasteiger partial charge in [-0.25, -0.2) is 0 Å². The van der Waals surface area contributed by atoms with Gasteiger partial charge in [-0.2, -0.15) is 0 Å². The maximum atomic E-state index is 5.55. The van der Waals surface area contributed by atoms with E-state index in [2.05, 4.69) is 18.3 Å². The molecule has 1 aromatic rings. The van der Waals surface area contributed by atoms with E-state index in [1.165, 1.54) is 5.56 Å². The summed E-state index contributed by atoms with van der Waals surface area (Å²) in [5, 5.41) is 3.50. The molecule has 1 aromatic carbocycles. The Morgan fingerprint density at radius 1 is 1.05 bits per heavy atom. The molecule has 0 saturated heterocycles. The largest absolute Gasteiger partial charge is 0.496 e. The summed E-state index contributed by atoms with van der Waals surface area (Å²) < 4.78 is 16.5. The first-order valence-electron chi connectivity index (χ1n) is 7.36. The zero-order valence-electron chi connectivity index (χ0n) is 13.0. The number of rotatable bonds is 10. The summed E-state index contributed by atoms with van der Waals surface area (Å²) in [6.07, 6.45) is 0.777. The molecule has 0 aliphatic rings. The molecule has 0 fully saturated rings. The van der Waals surface area contributed by atoms with Gasteiger partial charge in [0, 0.05) is 31.4 Å². The number of hydrogen-bond acceptors (Lipinski definition) is 4. The SMILES string of the molecule is CCOC(CNC(CC)c1ccccc1OC)OCC. The number of hydrogen-bond donors (Lipinski definition) is 1. The third-order valence-electron chi connectivity index (χ3n) is 3.16. The van der Waals surface area contributed by atoms with Gasteiger partial charge in [-0.1, -0.05) is 25.1 Å². The minimum absolute atomic E-state index is 0.200. The highest BCUT2D eigenvalue weighted by Gasteiger charge is 2.16. The van der Waals surface area contributed by atoms with Crippen molar-refractivity contribution in [1.82, 2.24) is 5.32 Å². The molecule has 0 amide bonds. The van der Waals surface area contributed by atoms with Crippen LogP contribution in [0.1, 0.15) is 38.8 Å². The number of ether oxygens (including phenoxy) is 3. The first-order valence-corrected chi connectivity index (χ1v) is 7.36. The average molecular weight is 281 g/mol. The molecule has 20 heavy (non-hydrogen) atoms. The fraction of sp³-hybridized carbons (Fsp3) is 0.625. The Labute approximate surface area is 122 Å². The molecule has 0 aliphatic heterocycles. The molecule has 1 rings (SSSR count). The maximum absolute atomic E-state index is 5.55. The van der Waals surface area contributed by atoms with Crippen molar-refractivity contribution < 1.29 is 14.2 Å². The summed E-state index contributed by atoms with van der Waals surface area (Å²) in [6.45, 7) is 8.07. The Hall–Kier alpha value is -1.10. The highest BCUT2D eigenvalue weighted by molar-refractivity contribution is 5.35. The van der Waals surface area contributed by atoms with E-state index in [4.69, 9.17) is 14.2 Å². The lowest BCUT2D eigenvalue weighted by atomic mass is 10.0. The van der Waals surface area contributed by atoms with Gasteiger partial charge in [0.1, 0.15) is 5.75 Å². The van der Waals surface area contributed by atoms with Crippen LogP contribution in [0.3, 0.4) is 0 Å². The van der Waals surface area contributed by atoms with Crippen molar-refractivity contribution in [2.45, 2.75) is 39.5 Å². The molecule has 0 aromatic heterocycles. The van der Waals surface area contributed by atoms with Gasteiger partial charge >= 0.3 is 0 Å². The molecular formula is C16H27NO3. The van der Waals surface area contributed by atoms with Crippen molar-refractivity contribution in [3.05, 3.63) is 29.8 Å². The van der Waals surface area contributed by atoms with Crippen molar-refractivity contribution >= 4 is 0 Å². The van der Waals surface area contributed by atoms with Gasteiger partial charge in [-0.3, -0.25) is 0 Å². The van der Waals surface area contributed by atoms with E-state index in [1.54, 1.807) is 7.11 Å². The molecular weight excluding hydrogens is 254 g/mol. The lowest BCUT2D eigenvalue weighted by Crippen LogP contribution is -2.34.